The highest BCUT2D eigenvalue weighted by Gasteiger charge is 2.12. The molecule has 0 aromatic heterocycles. The highest BCUT2D eigenvalue weighted by Crippen LogP contribution is 2.31. The van der Waals surface area contributed by atoms with Gasteiger partial charge in [0.15, 0.2) is 11.5 Å². The first-order chi connectivity index (χ1) is 15.6. The zero-order chi connectivity index (χ0) is 22.3. The van der Waals surface area contributed by atoms with Crippen LogP contribution in [0.2, 0.25) is 10.0 Å². The number of benzene rings is 3. The molecule has 7 heteroatoms. The van der Waals surface area contributed by atoms with Crippen LogP contribution in [0.1, 0.15) is 11.1 Å². The molecule has 1 fully saturated rings. The lowest BCUT2D eigenvalue weighted by atomic mass is 10.2. The Morgan fingerprint density at radius 1 is 0.938 bits per heavy atom. The minimum absolute atomic E-state index is 0.266. The number of hydrogen-bond donors (Lipinski definition) is 1. The molecular weight excluding hydrogens is 447 g/mol. The quantitative estimate of drug-likeness (QED) is 0.433. The van der Waals surface area contributed by atoms with Gasteiger partial charge in [0.2, 0.25) is 0 Å². The largest absolute Gasteiger partial charge is 0.493 e. The smallest absolute Gasteiger partial charge is 0.161 e. The first kappa shape index (κ1) is 22.6. The molecule has 1 aliphatic rings. The topological polar surface area (TPSA) is 43.0 Å². The van der Waals surface area contributed by atoms with Crippen LogP contribution in [-0.2, 0) is 17.9 Å². The number of nitrogens with zero attached hydrogens (tertiary/aromatic N) is 1. The van der Waals surface area contributed by atoms with Gasteiger partial charge in [-0.3, -0.25) is 0 Å². The Bertz CT molecular complexity index is 1020. The van der Waals surface area contributed by atoms with E-state index in [0.717, 1.165) is 43.1 Å². The van der Waals surface area contributed by atoms with Gasteiger partial charge in [0.05, 0.1) is 20.3 Å². The molecule has 0 radical (unpaired) electrons. The molecule has 0 atom stereocenters. The van der Waals surface area contributed by atoms with Gasteiger partial charge in [-0.2, -0.15) is 0 Å². The summed E-state index contributed by atoms with van der Waals surface area (Å²) in [5.74, 6) is 1.30. The average molecular weight is 473 g/mol. The fourth-order valence-electron chi connectivity index (χ4n) is 3.58. The third-order valence-corrected chi connectivity index (χ3v) is 6.11. The van der Waals surface area contributed by atoms with E-state index in [2.05, 4.69) is 34.5 Å². The van der Waals surface area contributed by atoms with Crippen molar-refractivity contribution in [2.75, 3.05) is 43.6 Å². The summed E-state index contributed by atoms with van der Waals surface area (Å²) in [5, 5.41) is 4.62. The zero-order valence-corrected chi connectivity index (χ0v) is 19.5. The van der Waals surface area contributed by atoms with Crippen molar-refractivity contribution in [3.05, 3.63) is 81.8 Å². The molecule has 0 unspecified atom stereocenters. The maximum Gasteiger partial charge on any atom is 0.161 e. The van der Waals surface area contributed by atoms with Crippen LogP contribution in [0, 0.1) is 0 Å². The molecule has 0 aliphatic carbocycles. The van der Waals surface area contributed by atoms with E-state index in [0.29, 0.717) is 28.1 Å². The first-order valence-electron chi connectivity index (χ1n) is 10.5. The van der Waals surface area contributed by atoms with Crippen LogP contribution in [0.15, 0.2) is 60.7 Å². The summed E-state index contributed by atoms with van der Waals surface area (Å²) < 4.78 is 16.9. The normalized spacial score (nSPS) is 13.7. The Morgan fingerprint density at radius 3 is 2.34 bits per heavy atom. The second-order valence-electron chi connectivity index (χ2n) is 7.47. The molecule has 0 saturated carbocycles. The molecule has 1 saturated heterocycles. The minimum Gasteiger partial charge on any atom is -0.493 e. The van der Waals surface area contributed by atoms with Gasteiger partial charge in [0.1, 0.15) is 6.61 Å². The van der Waals surface area contributed by atoms with E-state index in [4.69, 9.17) is 37.4 Å². The van der Waals surface area contributed by atoms with Gasteiger partial charge in [-0.1, -0.05) is 35.3 Å². The molecular formula is C25H26Cl2N2O3. The maximum atomic E-state index is 6.24. The predicted octanol–water partition coefficient (Wildman–Crippen LogP) is 6.03. The van der Waals surface area contributed by atoms with Gasteiger partial charge >= 0.3 is 0 Å². The van der Waals surface area contributed by atoms with E-state index < -0.39 is 0 Å². The number of morpholine rings is 1. The van der Waals surface area contributed by atoms with Crippen LogP contribution >= 0.6 is 23.2 Å². The molecule has 3 aromatic rings. The summed E-state index contributed by atoms with van der Waals surface area (Å²) in [6, 6.07) is 19.8. The molecule has 5 nitrogen and oxygen atoms in total. The number of halogens is 2. The Balaban J connectivity index is 1.36. The summed E-state index contributed by atoms with van der Waals surface area (Å²) in [5.41, 5.74) is 4.13. The van der Waals surface area contributed by atoms with Crippen molar-refractivity contribution in [2.45, 2.75) is 13.2 Å². The van der Waals surface area contributed by atoms with E-state index in [-0.39, 0.29) is 6.61 Å². The van der Waals surface area contributed by atoms with Gasteiger partial charge in [0.25, 0.3) is 0 Å². The Morgan fingerprint density at radius 2 is 1.66 bits per heavy atom. The van der Waals surface area contributed by atoms with Gasteiger partial charge < -0.3 is 24.4 Å². The summed E-state index contributed by atoms with van der Waals surface area (Å²) in [7, 11) is 1.63. The van der Waals surface area contributed by atoms with E-state index in [1.54, 1.807) is 19.2 Å². The highest BCUT2D eigenvalue weighted by atomic mass is 35.5. The van der Waals surface area contributed by atoms with Crippen molar-refractivity contribution in [1.82, 2.24) is 0 Å². The van der Waals surface area contributed by atoms with Crippen molar-refractivity contribution in [1.29, 1.82) is 0 Å². The molecule has 1 heterocycles. The number of hydrogen-bond acceptors (Lipinski definition) is 5. The van der Waals surface area contributed by atoms with Crippen molar-refractivity contribution in [3.63, 3.8) is 0 Å². The lowest BCUT2D eigenvalue weighted by molar-refractivity contribution is 0.122. The summed E-state index contributed by atoms with van der Waals surface area (Å²) in [6.07, 6.45) is 0. The SMILES string of the molecule is COc1cc(CNc2ccc(N3CCOCC3)cc2)ccc1OCc1c(Cl)cccc1Cl. The predicted molar refractivity (Wildman–Crippen MR) is 131 cm³/mol. The number of methoxy groups -OCH3 is 1. The Kier molecular flexibility index (Phi) is 7.63. The number of ether oxygens (including phenoxy) is 3. The summed E-state index contributed by atoms with van der Waals surface area (Å²) in [6.45, 7) is 4.37. The van der Waals surface area contributed by atoms with E-state index in [1.807, 2.05) is 24.3 Å². The monoisotopic (exact) mass is 472 g/mol. The fraction of sp³-hybridized carbons (Fsp3) is 0.280. The van der Waals surface area contributed by atoms with Crippen LogP contribution in [-0.4, -0.2) is 33.4 Å². The third kappa shape index (κ3) is 5.60. The van der Waals surface area contributed by atoms with E-state index >= 15 is 0 Å². The number of nitrogens with one attached hydrogen (secondary N) is 1. The number of anilines is 2. The second kappa shape index (κ2) is 10.8. The second-order valence-corrected chi connectivity index (χ2v) is 8.29. The van der Waals surface area contributed by atoms with Gasteiger partial charge in [0, 0.05) is 46.6 Å². The lowest BCUT2D eigenvalue weighted by Gasteiger charge is -2.29. The van der Waals surface area contributed by atoms with Crippen molar-refractivity contribution in [2.24, 2.45) is 0 Å². The molecule has 0 bridgehead atoms. The van der Waals surface area contributed by atoms with Crippen LogP contribution in [0.4, 0.5) is 11.4 Å². The first-order valence-corrected chi connectivity index (χ1v) is 11.3. The Labute approximate surface area is 198 Å². The van der Waals surface area contributed by atoms with Crippen LogP contribution in [0.3, 0.4) is 0 Å². The summed E-state index contributed by atoms with van der Waals surface area (Å²) >= 11 is 12.5. The number of rotatable bonds is 8. The molecule has 32 heavy (non-hydrogen) atoms. The van der Waals surface area contributed by atoms with Crippen LogP contribution in [0.25, 0.3) is 0 Å². The van der Waals surface area contributed by atoms with Gasteiger partial charge in [-0.15, -0.1) is 0 Å². The summed E-state index contributed by atoms with van der Waals surface area (Å²) in [4.78, 5) is 2.34. The van der Waals surface area contributed by atoms with Crippen molar-refractivity contribution in [3.8, 4) is 11.5 Å². The van der Waals surface area contributed by atoms with E-state index in [9.17, 15) is 0 Å². The third-order valence-electron chi connectivity index (χ3n) is 5.40. The van der Waals surface area contributed by atoms with Crippen LogP contribution < -0.4 is 19.7 Å². The standard InChI is InChI=1S/C25H26Cl2N2O3/c1-30-25-15-18(5-10-24(25)32-17-21-22(26)3-2-4-23(21)27)16-28-19-6-8-20(9-7-19)29-11-13-31-14-12-29/h2-10,15,28H,11-14,16-17H2,1H3. The molecule has 1 N–H and O–H groups in total. The van der Waals surface area contributed by atoms with Gasteiger partial charge in [-0.05, 0) is 54.1 Å². The van der Waals surface area contributed by atoms with Crippen molar-refractivity contribution < 1.29 is 14.2 Å². The highest BCUT2D eigenvalue weighted by molar-refractivity contribution is 6.35. The Hall–Kier alpha value is -2.60. The molecule has 0 amide bonds. The van der Waals surface area contributed by atoms with Gasteiger partial charge in [-0.25, -0.2) is 0 Å². The van der Waals surface area contributed by atoms with Crippen LogP contribution in [0.5, 0.6) is 11.5 Å². The zero-order valence-electron chi connectivity index (χ0n) is 17.9. The molecule has 168 valence electrons. The molecule has 1 aliphatic heterocycles. The molecule has 0 spiro atoms. The minimum atomic E-state index is 0.266. The average Bonchev–Trinajstić information content (AvgIpc) is 2.83. The van der Waals surface area contributed by atoms with Crippen molar-refractivity contribution >= 4 is 34.6 Å². The fourth-order valence-corrected chi connectivity index (χ4v) is 4.08. The van der Waals surface area contributed by atoms with E-state index in [1.165, 1.54) is 5.69 Å². The molecule has 4 rings (SSSR count). The molecule has 3 aromatic carbocycles. The lowest BCUT2D eigenvalue weighted by Crippen LogP contribution is -2.36. The maximum absolute atomic E-state index is 6.24.